The van der Waals surface area contributed by atoms with Crippen LogP contribution in [0.15, 0.2) is 42.5 Å². The second-order valence-corrected chi connectivity index (χ2v) is 9.94. The first kappa shape index (κ1) is 22.5. The summed E-state index contributed by atoms with van der Waals surface area (Å²) in [5.74, 6) is -1.000. The third-order valence-corrected chi connectivity index (χ3v) is 7.57. The minimum absolute atomic E-state index is 0.0774. The van der Waals surface area contributed by atoms with Crippen LogP contribution >= 0.6 is 11.6 Å². The smallest absolute Gasteiger partial charge is 0.271 e. The summed E-state index contributed by atoms with van der Waals surface area (Å²) in [7, 11) is 0. The molecule has 1 unspecified atom stereocenters. The van der Waals surface area contributed by atoms with Gasteiger partial charge in [-0.1, -0.05) is 29.8 Å². The number of amides is 4. The maximum atomic E-state index is 13.3. The summed E-state index contributed by atoms with van der Waals surface area (Å²) < 4.78 is 0. The maximum Gasteiger partial charge on any atom is 0.271 e. The summed E-state index contributed by atoms with van der Waals surface area (Å²) in [6.07, 6.45) is 2.59. The van der Waals surface area contributed by atoms with E-state index in [0.717, 1.165) is 33.2 Å². The average molecular weight is 503 g/mol. The minimum atomic E-state index is -0.640. The molecule has 0 saturated carbocycles. The zero-order valence-electron chi connectivity index (χ0n) is 19.6. The molecule has 1 atom stereocenters. The van der Waals surface area contributed by atoms with Gasteiger partial charge in [0.15, 0.2) is 0 Å². The molecule has 2 aromatic carbocycles. The molecule has 1 fully saturated rings. The Kier molecular flexibility index (Phi) is 5.22. The number of carbonyl (C=O) groups is 4. The van der Waals surface area contributed by atoms with E-state index in [2.05, 4.69) is 10.3 Å². The van der Waals surface area contributed by atoms with E-state index in [9.17, 15) is 19.2 Å². The Hall–Kier alpha value is -3.91. The lowest BCUT2D eigenvalue weighted by Crippen LogP contribution is -2.52. The molecule has 4 amide bonds. The largest absolute Gasteiger partial charge is 0.350 e. The molecule has 0 radical (unpaired) electrons. The van der Waals surface area contributed by atoms with E-state index >= 15 is 0 Å². The Morgan fingerprint density at radius 1 is 1.08 bits per heavy atom. The van der Waals surface area contributed by atoms with Crippen molar-refractivity contribution in [3.05, 3.63) is 75.4 Å². The Balaban J connectivity index is 1.19. The quantitative estimate of drug-likeness (QED) is 0.535. The molecule has 2 N–H and O–H groups in total. The molecule has 0 aliphatic carbocycles. The second-order valence-electron chi connectivity index (χ2n) is 9.50. The molecular formula is C27H23ClN4O4. The summed E-state index contributed by atoms with van der Waals surface area (Å²) in [5, 5.41) is 3.91. The van der Waals surface area contributed by atoms with Crippen LogP contribution < -0.4 is 5.32 Å². The molecule has 36 heavy (non-hydrogen) atoms. The lowest BCUT2D eigenvalue weighted by molar-refractivity contribution is -0.136. The predicted octanol–water partition coefficient (Wildman–Crippen LogP) is 3.43. The van der Waals surface area contributed by atoms with Crippen molar-refractivity contribution < 1.29 is 19.2 Å². The fraction of sp³-hybridized carbons (Fsp3) is 0.259. The van der Waals surface area contributed by atoms with Crippen molar-refractivity contribution in [3.63, 3.8) is 0 Å². The first-order chi connectivity index (χ1) is 17.3. The highest BCUT2D eigenvalue weighted by molar-refractivity contribution is 6.31. The standard InChI is InChI=1S/C27H23ClN4O4/c1-14-19-5-3-18(28)11-21(19)29-24(14)27(36)31-9-8-16(12-31)15-2-4-20-17(10-15)13-32(26(20)35)22-6-7-23(33)30-25(22)34/h2-5,8,10-11,22,29H,6-7,9,12-13H2,1H3,(H,30,33,34). The third kappa shape index (κ3) is 3.60. The number of hydrogen-bond donors (Lipinski definition) is 2. The number of imide groups is 1. The number of aryl methyl sites for hydroxylation is 1. The van der Waals surface area contributed by atoms with Gasteiger partial charge in [0.05, 0.1) is 0 Å². The van der Waals surface area contributed by atoms with Gasteiger partial charge in [-0.25, -0.2) is 0 Å². The van der Waals surface area contributed by atoms with E-state index in [1.807, 2.05) is 43.3 Å². The van der Waals surface area contributed by atoms with Gasteiger partial charge >= 0.3 is 0 Å². The van der Waals surface area contributed by atoms with Gasteiger partial charge in [-0.2, -0.15) is 0 Å². The normalized spacial score (nSPS) is 19.7. The fourth-order valence-corrected chi connectivity index (χ4v) is 5.55. The van der Waals surface area contributed by atoms with Gasteiger partial charge in [0.1, 0.15) is 11.7 Å². The molecule has 3 aliphatic rings. The van der Waals surface area contributed by atoms with Crippen molar-refractivity contribution >= 4 is 51.7 Å². The van der Waals surface area contributed by atoms with Crippen molar-refractivity contribution in [2.75, 3.05) is 13.1 Å². The summed E-state index contributed by atoms with van der Waals surface area (Å²) in [6, 6.07) is 10.6. The molecule has 8 nitrogen and oxygen atoms in total. The van der Waals surface area contributed by atoms with Crippen molar-refractivity contribution in [2.24, 2.45) is 0 Å². The van der Waals surface area contributed by atoms with Crippen molar-refractivity contribution in [3.8, 4) is 0 Å². The lowest BCUT2D eigenvalue weighted by Gasteiger charge is -2.29. The van der Waals surface area contributed by atoms with Crippen LogP contribution in [0, 0.1) is 6.92 Å². The number of aromatic nitrogens is 1. The molecule has 4 heterocycles. The summed E-state index contributed by atoms with van der Waals surface area (Å²) in [5.41, 5.74) is 5.65. The van der Waals surface area contributed by atoms with Crippen molar-refractivity contribution in [1.29, 1.82) is 0 Å². The van der Waals surface area contributed by atoms with Crippen molar-refractivity contribution in [2.45, 2.75) is 32.4 Å². The van der Waals surface area contributed by atoms with Crippen LogP contribution in [0.4, 0.5) is 0 Å². The number of piperidine rings is 1. The highest BCUT2D eigenvalue weighted by Crippen LogP contribution is 2.32. The third-order valence-electron chi connectivity index (χ3n) is 7.33. The number of halogens is 1. The number of H-pyrrole nitrogens is 1. The zero-order valence-corrected chi connectivity index (χ0v) is 20.3. The Labute approximate surface area is 211 Å². The van der Waals surface area contributed by atoms with E-state index in [0.29, 0.717) is 42.3 Å². The molecule has 182 valence electrons. The Morgan fingerprint density at radius 2 is 1.92 bits per heavy atom. The number of fused-ring (bicyclic) bond motifs is 2. The SMILES string of the molecule is Cc1c(C(=O)N2CC=C(c3ccc4c(c3)CN(C3CCC(=O)NC3=O)C4=O)C2)[nH]c2cc(Cl)ccc12. The number of aromatic amines is 1. The number of hydrogen-bond acceptors (Lipinski definition) is 4. The molecule has 3 aliphatic heterocycles. The number of carbonyl (C=O) groups excluding carboxylic acids is 4. The number of nitrogens with one attached hydrogen (secondary N) is 2. The van der Waals surface area contributed by atoms with Gasteiger partial charge < -0.3 is 14.8 Å². The van der Waals surface area contributed by atoms with Gasteiger partial charge in [0.25, 0.3) is 11.8 Å². The lowest BCUT2D eigenvalue weighted by atomic mass is 10.0. The summed E-state index contributed by atoms with van der Waals surface area (Å²) in [6.45, 7) is 3.19. The van der Waals surface area contributed by atoms with E-state index in [1.165, 1.54) is 0 Å². The van der Waals surface area contributed by atoms with Crippen LogP contribution in [0.2, 0.25) is 5.02 Å². The number of rotatable bonds is 3. The first-order valence-electron chi connectivity index (χ1n) is 11.8. The van der Waals surface area contributed by atoms with Crippen LogP contribution in [0.5, 0.6) is 0 Å². The van der Waals surface area contributed by atoms with Crippen LogP contribution in [0.1, 0.15) is 50.4 Å². The van der Waals surface area contributed by atoms with Crippen molar-refractivity contribution in [1.82, 2.24) is 20.1 Å². The van der Waals surface area contributed by atoms with E-state index in [4.69, 9.17) is 11.6 Å². The second kappa shape index (κ2) is 8.34. The van der Waals surface area contributed by atoms with Gasteiger partial charge in [0, 0.05) is 47.5 Å². The first-order valence-corrected chi connectivity index (χ1v) is 12.2. The highest BCUT2D eigenvalue weighted by atomic mass is 35.5. The van der Waals surface area contributed by atoms with E-state index < -0.39 is 11.9 Å². The molecule has 1 aromatic heterocycles. The molecule has 0 spiro atoms. The molecule has 9 heteroatoms. The molecule has 6 rings (SSSR count). The molecule has 1 saturated heterocycles. The monoisotopic (exact) mass is 502 g/mol. The molecule has 0 bridgehead atoms. The van der Waals surface area contributed by atoms with Gasteiger partial charge in [-0.05, 0) is 59.9 Å². The van der Waals surface area contributed by atoms with Crippen LogP contribution in [-0.2, 0) is 16.1 Å². The summed E-state index contributed by atoms with van der Waals surface area (Å²) >= 11 is 6.11. The van der Waals surface area contributed by atoms with Crippen LogP contribution in [0.3, 0.4) is 0 Å². The van der Waals surface area contributed by atoms with Crippen LogP contribution in [-0.4, -0.2) is 57.5 Å². The average Bonchev–Trinajstić information content (AvgIpc) is 3.55. The maximum absolute atomic E-state index is 13.3. The predicted molar refractivity (Wildman–Crippen MR) is 134 cm³/mol. The van der Waals surface area contributed by atoms with Gasteiger partial charge in [-0.15, -0.1) is 0 Å². The Bertz CT molecular complexity index is 1520. The fourth-order valence-electron chi connectivity index (χ4n) is 5.38. The zero-order chi connectivity index (χ0) is 25.1. The number of nitrogens with zero attached hydrogens (tertiary/aromatic N) is 2. The Morgan fingerprint density at radius 3 is 2.72 bits per heavy atom. The van der Waals surface area contributed by atoms with E-state index in [-0.39, 0.29) is 24.1 Å². The topological polar surface area (TPSA) is 103 Å². The van der Waals surface area contributed by atoms with Gasteiger partial charge in [-0.3, -0.25) is 24.5 Å². The molecule has 3 aromatic rings. The molecular weight excluding hydrogens is 480 g/mol. The number of benzene rings is 2. The minimum Gasteiger partial charge on any atom is -0.350 e. The van der Waals surface area contributed by atoms with E-state index in [1.54, 1.807) is 15.9 Å². The highest BCUT2D eigenvalue weighted by Gasteiger charge is 2.39. The van der Waals surface area contributed by atoms with Crippen LogP contribution in [0.25, 0.3) is 16.5 Å². The summed E-state index contributed by atoms with van der Waals surface area (Å²) in [4.78, 5) is 56.6. The van der Waals surface area contributed by atoms with Gasteiger partial charge in [0.2, 0.25) is 11.8 Å².